The van der Waals surface area contributed by atoms with Gasteiger partial charge in [-0.3, -0.25) is 0 Å². The average Bonchev–Trinajstić information content (AvgIpc) is 2.97. The first-order valence-corrected chi connectivity index (χ1v) is 8.59. The summed E-state index contributed by atoms with van der Waals surface area (Å²) in [7, 11) is 0. The molecule has 3 rings (SSSR count). The second-order valence-corrected chi connectivity index (χ2v) is 6.30. The number of aryl methyl sites for hydroxylation is 1. The number of aromatic nitrogens is 3. The Morgan fingerprint density at radius 1 is 1.21 bits per heavy atom. The number of hydrogen-bond acceptors (Lipinski definition) is 5. The van der Waals surface area contributed by atoms with Crippen LogP contribution in [-0.2, 0) is 0 Å². The number of rotatable bonds is 5. The summed E-state index contributed by atoms with van der Waals surface area (Å²) in [6.07, 6.45) is 1.67. The number of benzene rings is 1. The van der Waals surface area contributed by atoms with Crippen LogP contribution in [0.5, 0.6) is 5.88 Å². The summed E-state index contributed by atoms with van der Waals surface area (Å²) >= 11 is 1.51. The lowest BCUT2D eigenvalue weighted by molar-refractivity contribution is 0.0718. The van der Waals surface area contributed by atoms with Gasteiger partial charge >= 0.3 is 5.97 Å². The molecule has 0 aliphatic carbocycles. The Kier molecular flexibility index (Phi) is 4.96. The van der Waals surface area contributed by atoms with E-state index in [1.807, 2.05) is 44.2 Å². The average molecular weight is 339 g/mol. The summed E-state index contributed by atoms with van der Waals surface area (Å²) in [6, 6.07) is 14.8. The number of thioether (sulfide) groups is 1. The highest BCUT2D eigenvalue weighted by molar-refractivity contribution is 7.99. The molecule has 1 aromatic carbocycles. The van der Waals surface area contributed by atoms with Gasteiger partial charge in [0.05, 0.1) is 16.9 Å². The van der Waals surface area contributed by atoms with Crippen molar-refractivity contribution in [2.24, 2.45) is 0 Å². The lowest BCUT2D eigenvalue weighted by Crippen LogP contribution is -2.13. The molecule has 0 amide bonds. The summed E-state index contributed by atoms with van der Waals surface area (Å²) < 4.78 is 7.22. The lowest BCUT2D eigenvalue weighted by Gasteiger charge is -2.09. The van der Waals surface area contributed by atoms with E-state index in [0.29, 0.717) is 16.5 Å². The van der Waals surface area contributed by atoms with E-state index in [4.69, 9.17) is 4.74 Å². The number of ether oxygens (including phenoxy) is 1. The van der Waals surface area contributed by atoms with Crippen LogP contribution >= 0.6 is 11.8 Å². The van der Waals surface area contributed by atoms with Crippen LogP contribution < -0.4 is 4.74 Å². The minimum atomic E-state index is -0.434. The van der Waals surface area contributed by atoms with Crippen molar-refractivity contribution in [1.82, 2.24) is 14.8 Å². The van der Waals surface area contributed by atoms with Crippen LogP contribution in [0.25, 0.3) is 5.69 Å². The van der Waals surface area contributed by atoms with Gasteiger partial charge in [-0.1, -0.05) is 25.1 Å². The van der Waals surface area contributed by atoms with Gasteiger partial charge in [-0.15, -0.1) is 11.8 Å². The zero-order valence-corrected chi connectivity index (χ0v) is 14.3. The minimum Gasteiger partial charge on any atom is -0.404 e. The van der Waals surface area contributed by atoms with Crippen LogP contribution in [0.4, 0.5) is 0 Å². The summed E-state index contributed by atoms with van der Waals surface area (Å²) in [5.41, 5.74) is 2.07. The van der Waals surface area contributed by atoms with Crippen LogP contribution in [0.1, 0.15) is 23.0 Å². The highest BCUT2D eigenvalue weighted by atomic mass is 32.2. The van der Waals surface area contributed by atoms with Gasteiger partial charge in [0.1, 0.15) is 5.03 Å². The van der Waals surface area contributed by atoms with E-state index < -0.39 is 5.97 Å². The first-order chi connectivity index (χ1) is 11.7. The monoisotopic (exact) mass is 339 g/mol. The fraction of sp³-hybridized carbons (Fsp3) is 0.167. The Labute approximate surface area is 144 Å². The van der Waals surface area contributed by atoms with Gasteiger partial charge in [-0.25, -0.2) is 14.5 Å². The fourth-order valence-electron chi connectivity index (χ4n) is 2.25. The smallest absolute Gasteiger partial charge is 0.347 e. The molecule has 0 bridgehead atoms. The molecule has 122 valence electrons. The van der Waals surface area contributed by atoms with Crippen LogP contribution in [0, 0.1) is 6.92 Å². The number of para-hydroxylation sites is 1. The number of carbonyl (C=O) groups is 1. The predicted octanol–water partition coefficient (Wildman–Crippen LogP) is 3.91. The normalized spacial score (nSPS) is 10.6. The van der Waals surface area contributed by atoms with E-state index in [1.54, 1.807) is 29.1 Å². The molecule has 2 heterocycles. The molecule has 0 N–H and O–H groups in total. The number of hydrogen-bond donors (Lipinski definition) is 0. The molecule has 0 fully saturated rings. The van der Waals surface area contributed by atoms with Gasteiger partial charge in [-0.05, 0) is 36.9 Å². The van der Waals surface area contributed by atoms with Gasteiger partial charge in [-0.2, -0.15) is 5.10 Å². The van der Waals surface area contributed by atoms with Gasteiger partial charge < -0.3 is 4.74 Å². The summed E-state index contributed by atoms with van der Waals surface area (Å²) in [5, 5.41) is 5.08. The van der Waals surface area contributed by atoms with Crippen molar-refractivity contribution in [2.75, 3.05) is 5.75 Å². The van der Waals surface area contributed by atoms with Gasteiger partial charge in [0, 0.05) is 12.3 Å². The van der Waals surface area contributed by atoms with Crippen LogP contribution in [0.15, 0.2) is 59.8 Å². The number of pyridine rings is 1. The van der Waals surface area contributed by atoms with Gasteiger partial charge in [0.25, 0.3) is 0 Å². The van der Waals surface area contributed by atoms with Crippen LogP contribution in [0.3, 0.4) is 0 Å². The molecule has 0 unspecified atom stereocenters. The first-order valence-electron chi connectivity index (χ1n) is 7.61. The summed E-state index contributed by atoms with van der Waals surface area (Å²) in [6.45, 7) is 3.88. The fourth-order valence-corrected chi connectivity index (χ4v) is 2.97. The van der Waals surface area contributed by atoms with E-state index in [2.05, 4.69) is 10.1 Å². The van der Waals surface area contributed by atoms with Crippen molar-refractivity contribution >= 4 is 17.7 Å². The van der Waals surface area contributed by atoms with Crippen LogP contribution in [0.2, 0.25) is 0 Å². The van der Waals surface area contributed by atoms with Crippen molar-refractivity contribution in [2.45, 2.75) is 18.9 Å². The van der Waals surface area contributed by atoms with Crippen molar-refractivity contribution in [1.29, 1.82) is 0 Å². The molecular weight excluding hydrogens is 322 g/mol. The molecule has 3 aromatic rings. The lowest BCUT2D eigenvalue weighted by atomic mass is 10.3. The van der Waals surface area contributed by atoms with Gasteiger partial charge in [0.2, 0.25) is 5.88 Å². The number of carbonyl (C=O) groups excluding carboxylic acids is 1. The molecule has 0 spiro atoms. The SMILES string of the molecule is CCSc1ncccc1C(=O)Oc1cc(C)nn1-c1ccccc1. The molecule has 6 heteroatoms. The van der Waals surface area contributed by atoms with Crippen molar-refractivity contribution in [3.8, 4) is 11.6 Å². The molecule has 24 heavy (non-hydrogen) atoms. The van der Waals surface area contributed by atoms with Crippen LogP contribution in [-0.4, -0.2) is 26.5 Å². The quantitative estimate of drug-likeness (QED) is 0.521. The Hall–Kier alpha value is -2.60. The molecule has 0 atom stereocenters. The largest absolute Gasteiger partial charge is 0.404 e. The predicted molar refractivity (Wildman–Crippen MR) is 93.9 cm³/mol. The van der Waals surface area contributed by atoms with E-state index in [9.17, 15) is 4.79 Å². The molecule has 2 aromatic heterocycles. The Bertz CT molecular complexity index is 846. The van der Waals surface area contributed by atoms with Crippen molar-refractivity contribution < 1.29 is 9.53 Å². The zero-order valence-electron chi connectivity index (χ0n) is 13.5. The van der Waals surface area contributed by atoms with Gasteiger partial charge in [0.15, 0.2) is 0 Å². The van der Waals surface area contributed by atoms with E-state index >= 15 is 0 Å². The second-order valence-electron chi connectivity index (χ2n) is 5.05. The zero-order chi connectivity index (χ0) is 16.9. The Balaban J connectivity index is 1.91. The molecular formula is C18H17N3O2S. The highest BCUT2D eigenvalue weighted by Gasteiger charge is 2.18. The number of nitrogens with zero attached hydrogens (tertiary/aromatic N) is 3. The molecule has 0 aliphatic rings. The maximum absolute atomic E-state index is 12.6. The summed E-state index contributed by atoms with van der Waals surface area (Å²) in [5.74, 6) is 0.786. The van der Waals surface area contributed by atoms with E-state index in [-0.39, 0.29) is 0 Å². The topological polar surface area (TPSA) is 57.0 Å². The third-order valence-corrected chi connectivity index (χ3v) is 4.16. The third-order valence-electron chi connectivity index (χ3n) is 3.27. The second kappa shape index (κ2) is 7.31. The Morgan fingerprint density at radius 2 is 2.00 bits per heavy atom. The number of esters is 1. The highest BCUT2D eigenvalue weighted by Crippen LogP contribution is 2.23. The van der Waals surface area contributed by atoms with Crippen molar-refractivity contribution in [3.05, 3.63) is 66.0 Å². The van der Waals surface area contributed by atoms with E-state index in [1.165, 1.54) is 11.8 Å². The molecule has 5 nitrogen and oxygen atoms in total. The third kappa shape index (κ3) is 3.49. The first kappa shape index (κ1) is 16.3. The minimum absolute atomic E-state index is 0.389. The molecule has 0 saturated heterocycles. The maximum Gasteiger partial charge on any atom is 0.347 e. The van der Waals surface area contributed by atoms with Crippen molar-refractivity contribution in [3.63, 3.8) is 0 Å². The van der Waals surface area contributed by atoms with E-state index in [0.717, 1.165) is 17.1 Å². The standard InChI is InChI=1S/C18H17N3O2S/c1-3-24-17-15(10-7-11-19-17)18(22)23-16-12-13(2)20-21(16)14-8-5-4-6-9-14/h4-12H,3H2,1-2H3. The molecule has 0 aliphatic heterocycles. The molecule has 0 saturated carbocycles. The summed E-state index contributed by atoms with van der Waals surface area (Å²) in [4.78, 5) is 16.8. The molecule has 0 radical (unpaired) electrons. The Morgan fingerprint density at radius 3 is 2.75 bits per heavy atom. The maximum atomic E-state index is 12.6.